The van der Waals surface area contributed by atoms with Gasteiger partial charge in [-0.1, -0.05) is 12.1 Å². The highest BCUT2D eigenvalue weighted by Crippen LogP contribution is 2.28. The summed E-state index contributed by atoms with van der Waals surface area (Å²) in [5.41, 5.74) is 10.6. The fourth-order valence-electron chi connectivity index (χ4n) is 2.60. The van der Waals surface area contributed by atoms with Crippen molar-refractivity contribution in [1.29, 1.82) is 0 Å². The van der Waals surface area contributed by atoms with E-state index in [2.05, 4.69) is 26.0 Å². The minimum Gasteiger partial charge on any atom is -0.444 e. The first-order chi connectivity index (χ1) is 9.67. The van der Waals surface area contributed by atoms with E-state index >= 15 is 0 Å². The Balaban J connectivity index is 2.27. The molecular formula is C17H26N2O2. The fraction of sp³-hybridized carbons (Fsp3) is 0.588. The van der Waals surface area contributed by atoms with E-state index in [1.165, 1.54) is 11.1 Å². The highest BCUT2D eigenvalue weighted by Gasteiger charge is 2.27. The van der Waals surface area contributed by atoms with Gasteiger partial charge in [-0.05, 0) is 63.3 Å². The molecule has 0 spiro atoms. The van der Waals surface area contributed by atoms with E-state index in [0.717, 1.165) is 17.5 Å². The first-order valence-corrected chi connectivity index (χ1v) is 7.51. The molecule has 1 amide bonds. The van der Waals surface area contributed by atoms with Gasteiger partial charge in [0.25, 0.3) is 0 Å². The molecule has 1 aromatic rings. The van der Waals surface area contributed by atoms with E-state index in [-0.39, 0.29) is 12.1 Å². The number of amides is 1. The maximum atomic E-state index is 12.3. The van der Waals surface area contributed by atoms with Crippen LogP contribution in [0.25, 0.3) is 0 Å². The van der Waals surface area contributed by atoms with Crippen molar-refractivity contribution < 1.29 is 9.53 Å². The van der Waals surface area contributed by atoms with Crippen molar-refractivity contribution in [3.8, 4) is 0 Å². The minimum atomic E-state index is -0.475. The minimum absolute atomic E-state index is 0.0215. The van der Waals surface area contributed by atoms with Crippen molar-refractivity contribution in [3.63, 3.8) is 0 Å². The second-order valence-corrected chi connectivity index (χ2v) is 6.93. The molecule has 0 unspecified atom stereocenters. The SMILES string of the molecule is Cc1cc2c(cc1C)[C@@H](N)CCN(C(=O)OC(C)(C)C)C2. The number of fused-ring (bicyclic) bond motifs is 1. The number of benzene rings is 1. The van der Waals surface area contributed by atoms with Crippen LogP contribution in [0.5, 0.6) is 0 Å². The average Bonchev–Trinajstić information content (AvgIpc) is 2.49. The Kier molecular flexibility index (Phi) is 4.28. The van der Waals surface area contributed by atoms with Gasteiger partial charge in [0.2, 0.25) is 0 Å². The van der Waals surface area contributed by atoms with Crippen LogP contribution in [0.4, 0.5) is 4.79 Å². The topological polar surface area (TPSA) is 55.6 Å². The predicted octanol–water partition coefficient (Wildman–Crippen LogP) is 3.44. The van der Waals surface area contributed by atoms with Crippen LogP contribution in [0.15, 0.2) is 12.1 Å². The molecular weight excluding hydrogens is 264 g/mol. The Morgan fingerprint density at radius 3 is 2.52 bits per heavy atom. The maximum Gasteiger partial charge on any atom is 0.410 e. The molecule has 116 valence electrons. The standard InChI is InChI=1S/C17H26N2O2/c1-11-8-13-10-19(16(20)21-17(3,4)5)7-6-15(18)14(13)9-12(11)2/h8-9,15H,6-7,10,18H2,1-5H3/t15-/m0/s1. The molecule has 4 nitrogen and oxygen atoms in total. The number of ether oxygens (including phenoxy) is 1. The Bertz CT molecular complexity index is 546. The van der Waals surface area contributed by atoms with Crippen LogP contribution in [0.1, 0.15) is 55.5 Å². The molecule has 0 radical (unpaired) electrons. The molecule has 2 rings (SSSR count). The second-order valence-electron chi connectivity index (χ2n) is 6.93. The quantitative estimate of drug-likeness (QED) is 0.796. The molecule has 0 bridgehead atoms. The highest BCUT2D eigenvalue weighted by molar-refractivity contribution is 5.68. The molecule has 1 atom stereocenters. The molecule has 1 heterocycles. The summed E-state index contributed by atoms with van der Waals surface area (Å²) in [4.78, 5) is 14.1. The third-order valence-electron chi connectivity index (χ3n) is 3.88. The van der Waals surface area contributed by atoms with Crippen LogP contribution in [0, 0.1) is 13.8 Å². The highest BCUT2D eigenvalue weighted by atomic mass is 16.6. The number of carbonyl (C=O) groups is 1. The molecule has 0 saturated heterocycles. The van der Waals surface area contributed by atoms with Gasteiger partial charge in [0.05, 0.1) is 0 Å². The van der Waals surface area contributed by atoms with Gasteiger partial charge >= 0.3 is 6.09 Å². The van der Waals surface area contributed by atoms with E-state index in [1.54, 1.807) is 4.90 Å². The van der Waals surface area contributed by atoms with Crippen LogP contribution in [0.2, 0.25) is 0 Å². The fourth-order valence-corrected chi connectivity index (χ4v) is 2.60. The molecule has 0 fully saturated rings. The first kappa shape index (κ1) is 15.8. The van der Waals surface area contributed by atoms with E-state index < -0.39 is 5.60 Å². The van der Waals surface area contributed by atoms with Crippen molar-refractivity contribution in [2.45, 2.75) is 59.2 Å². The zero-order valence-corrected chi connectivity index (χ0v) is 13.7. The number of rotatable bonds is 0. The third kappa shape index (κ3) is 3.76. The van der Waals surface area contributed by atoms with E-state index in [0.29, 0.717) is 13.1 Å². The van der Waals surface area contributed by atoms with Crippen LogP contribution in [0.3, 0.4) is 0 Å². The summed E-state index contributed by atoms with van der Waals surface area (Å²) < 4.78 is 5.48. The molecule has 4 heteroatoms. The monoisotopic (exact) mass is 290 g/mol. The number of hydrogen-bond donors (Lipinski definition) is 1. The lowest BCUT2D eigenvalue weighted by molar-refractivity contribution is 0.0235. The number of nitrogens with zero attached hydrogens (tertiary/aromatic N) is 1. The van der Waals surface area contributed by atoms with Gasteiger partial charge in [0.15, 0.2) is 0 Å². The second kappa shape index (κ2) is 5.68. The largest absolute Gasteiger partial charge is 0.444 e. The van der Waals surface area contributed by atoms with Crippen LogP contribution in [-0.2, 0) is 11.3 Å². The molecule has 21 heavy (non-hydrogen) atoms. The first-order valence-electron chi connectivity index (χ1n) is 7.51. The molecule has 1 aliphatic rings. The average molecular weight is 290 g/mol. The normalized spacial score (nSPS) is 19.0. The summed E-state index contributed by atoms with van der Waals surface area (Å²) in [7, 11) is 0. The zero-order valence-electron chi connectivity index (χ0n) is 13.7. The van der Waals surface area contributed by atoms with Crippen molar-refractivity contribution in [3.05, 3.63) is 34.4 Å². The Morgan fingerprint density at radius 2 is 1.90 bits per heavy atom. The summed E-state index contributed by atoms with van der Waals surface area (Å²) in [6.45, 7) is 11.0. The van der Waals surface area contributed by atoms with Gasteiger partial charge in [0, 0.05) is 19.1 Å². The van der Waals surface area contributed by atoms with Gasteiger partial charge in [-0.2, -0.15) is 0 Å². The van der Waals surface area contributed by atoms with E-state index in [4.69, 9.17) is 10.5 Å². The molecule has 0 aliphatic carbocycles. The van der Waals surface area contributed by atoms with Crippen molar-refractivity contribution in [2.24, 2.45) is 5.73 Å². The lowest BCUT2D eigenvalue weighted by atomic mass is 9.95. The lowest BCUT2D eigenvalue weighted by Gasteiger charge is -2.26. The Hall–Kier alpha value is -1.55. The van der Waals surface area contributed by atoms with Gasteiger partial charge in [-0.3, -0.25) is 0 Å². The summed E-state index contributed by atoms with van der Waals surface area (Å²) >= 11 is 0. The van der Waals surface area contributed by atoms with Crippen LogP contribution in [-0.4, -0.2) is 23.1 Å². The molecule has 0 saturated carbocycles. The van der Waals surface area contributed by atoms with Crippen molar-refractivity contribution >= 4 is 6.09 Å². The van der Waals surface area contributed by atoms with Crippen LogP contribution < -0.4 is 5.73 Å². The van der Waals surface area contributed by atoms with E-state index in [1.807, 2.05) is 20.8 Å². The van der Waals surface area contributed by atoms with Gasteiger partial charge < -0.3 is 15.4 Å². The number of hydrogen-bond acceptors (Lipinski definition) is 3. The summed E-state index contributed by atoms with van der Waals surface area (Å²) in [5.74, 6) is 0. The van der Waals surface area contributed by atoms with Crippen molar-refractivity contribution in [2.75, 3.05) is 6.54 Å². The smallest absolute Gasteiger partial charge is 0.410 e. The Morgan fingerprint density at radius 1 is 1.29 bits per heavy atom. The number of nitrogens with two attached hydrogens (primary N) is 1. The van der Waals surface area contributed by atoms with E-state index in [9.17, 15) is 4.79 Å². The summed E-state index contributed by atoms with van der Waals surface area (Å²) in [6, 6.07) is 4.29. The summed E-state index contributed by atoms with van der Waals surface area (Å²) in [6.07, 6.45) is 0.496. The summed E-state index contributed by atoms with van der Waals surface area (Å²) in [5, 5.41) is 0. The number of aryl methyl sites for hydroxylation is 2. The van der Waals surface area contributed by atoms with Gasteiger partial charge in [0.1, 0.15) is 5.60 Å². The predicted molar refractivity (Wildman–Crippen MR) is 84.1 cm³/mol. The number of carbonyl (C=O) groups excluding carboxylic acids is 1. The molecule has 1 aliphatic heterocycles. The van der Waals surface area contributed by atoms with Gasteiger partial charge in [-0.25, -0.2) is 4.79 Å². The molecule has 0 aromatic heterocycles. The van der Waals surface area contributed by atoms with Gasteiger partial charge in [-0.15, -0.1) is 0 Å². The Labute approximate surface area is 127 Å². The van der Waals surface area contributed by atoms with Crippen LogP contribution >= 0.6 is 0 Å². The lowest BCUT2D eigenvalue weighted by Crippen LogP contribution is -2.36. The molecule has 2 N–H and O–H groups in total. The zero-order chi connectivity index (χ0) is 15.8. The van der Waals surface area contributed by atoms with Crippen molar-refractivity contribution in [1.82, 2.24) is 4.90 Å². The maximum absolute atomic E-state index is 12.3. The third-order valence-corrected chi connectivity index (χ3v) is 3.88. The molecule has 1 aromatic carbocycles.